The van der Waals surface area contributed by atoms with Crippen molar-refractivity contribution in [2.45, 2.75) is 30.2 Å². The van der Waals surface area contributed by atoms with Crippen molar-refractivity contribution in [2.24, 2.45) is 0 Å². The molecule has 2 aromatic rings. The molecule has 2 heterocycles. The average molecular weight is 391 g/mol. The summed E-state index contributed by atoms with van der Waals surface area (Å²) in [6.45, 7) is 2.40. The summed E-state index contributed by atoms with van der Waals surface area (Å²) in [7, 11) is -2.16. The molecule has 1 aliphatic heterocycles. The quantitative estimate of drug-likeness (QED) is 0.755. The topological polar surface area (TPSA) is 91.6 Å². The van der Waals surface area contributed by atoms with Gasteiger partial charge in [0.2, 0.25) is 10.0 Å². The van der Waals surface area contributed by atoms with Crippen LogP contribution in [0.25, 0.3) is 0 Å². The first-order chi connectivity index (χ1) is 13.0. The zero-order chi connectivity index (χ0) is 19.3. The Bertz CT molecular complexity index is 842. The van der Waals surface area contributed by atoms with E-state index >= 15 is 0 Å². The maximum absolute atomic E-state index is 12.5. The summed E-state index contributed by atoms with van der Waals surface area (Å²) < 4.78 is 31.4. The molecule has 1 atom stereocenters. The van der Waals surface area contributed by atoms with Crippen LogP contribution in [0.1, 0.15) is 41.4 Å². The molecule has 0 spiro atoms. The van der Waals surface area contributed by atoms with Crippen LogP contribution in [-0.2, 0) is 10.0 Å². The van der Waals surface area contributed by atoms with Crippen molar-refractivity contribution in [3.8, 4) is 0 Å². The molecule has 0 saturated carbocycles. The molecule has 0 aliphatic carbocycles. The fraction of sp³-hybridized carbons (Fsp3) is 0.421. The molecule has 0 bridgehead atoms. The molecule has 27 heavy (non-hydrogen) atoms. The molecule has 1 aromatic carbocycles. The third kappa shape index (κ3) is 4.77. The highest BCUT2D eigenvalue weighted by Crippen LogP contribution is 2.24. The summed E-state index contributed by atoms with van der Waals surface area (Å²) in [6, 6.07) is 9.67. The van der Waals surface area contributed by atoms with Gasteiger partial charge in [0, 0.05) is 12.1 Å². The smallest absolute Gasteiger partial charge is 0.251 e. The van der Waals surface area contributed by atoms with Gasteiger partial charge in [0.1, 0.15) is 5.76 Å². The molecule has 1 unspecified atom stereocenters. The second kappa shape index (κ2) is 8.69. The van der Waals surface area contributed by atoms with Crippen molar-refractivity contribution in [1.29, 1.82) is 0 Å². The van der Waals surface area contributed by atoms with Crippen molar-refractivity contribution >= 4 is 15.9 Å². The molecule has 146 valence electrons. The Morgan fingerprint density at radius 3 is 2.44 bits per heavy atom. The van der Waals surface area contributed by atoms with E-state index in [2.05, 4.69) is 14.9 Å². The van der Waals surface area contributed by atoms with E-state index in [0.717, 1.165) is 31.7 Å². The predicted molar refractivity (Wildman–Crippen MR) is 102 cm³/mol. The number of likely N-dealkylation sites (tertiary alicyclic amines) is 1. The Morgan fingerprint density at radius 1 is 1.15 bits per heavy atom. The molecule has 0 radical (unpaired) electrons. The van der Waals surface area contributed by atoms with Crippen molar-refractivity contribution < 1.29 is 17.6 Å². The largest absolute Gasteiger partial charge is 0.468 e. The van der Waals surface area contributed by atoms with Crippen LogP contribution in [-0.4, -0.2) is 45.9 Å². The molecular weight excluding hydrogens is 366 g/mol. The minimum Gasteiger partial charge on any atom is -0.468 e. The monoisotopic (exact) mass is 391 g/mol. The third-order valence-corrected chi connectivity index (χ3v) is 6.28. The molecule has 2 N–H and O–H groups in total. The van der Waals surface area contributed by atoms with E-state index < -0.39 is 10.0 Å². The minimum absolute atomic E-state index is 0.00630. The zero-order valence-electron chi connectivity index (χ0n) is 15.3. The molecule has 3 rings (SSSR count). The van der Waals surface area contributed by atoms with Crippen molar-refractivity contribution in [3.05, 3.63) is 54.0 Å². The molecule has 1 amide bonds. The number of furan rings is 1. The standard InChI is InChI=1S/C19H25N3O4S/c1-20-27(24,25)16-9-7-15(8-10-16)19(23)21-14-17(18-6-5-13-26-18)22-11-3-2-4-12-22/h5-10,13,17,20H,2-4,11-12,14H2,1H3,(H,21,23). The maximum atomic E-state index is 12.5. The first kappa shape index (κ1) is 19.6. The molecule has 1 saturated heterocycles. The van der Waals surface area contributed by atoms with Gasteiger partial charge in [-0.2, -0.15) is 0 Å². The lowest BCUT2D eigenvalue weighted by Gasteiger charge is -2.33. The second-order valence-corrected chi connectivity index (χ2v) is 8.46. The van der Waals surface area contributed by atoms with Gasteiger partial charge in [0.15, 0.2) is 0 Å². The third-order valence-electron chi connectivity index (χ3n) is 4.85. The fourth-order valence-electron chi connectivity index (χ4n) is 3.32. The number of carbonyl (C=O) groups excluding carboxylic acids is 1. The lowest BCUT2D eigenvalue weighted by molar-refractivity contribution is 0.0914. The van der Waals surface area contributed by atoms with Gasteiger partial charge >= 0.3 is 0 Å². The number of hydrogen-bond donors (Lipinski definition) is 2. The van der Waals surface area contributed by atoms with Gasteiger partial charge < -0.3 is 9.73 Å². The van der Waals surface area contributed by atoms with Crippen molar-refractivity contribution in [1.82, 2.24) is 14.9 Å². The molecular formula is C19H25N3O4S. The number of piperidine rings is 1. The second-order valence-electron chi connectivity index (χ2n) is 6.57. The lowest BCUT2D eigenvalue weighted by Crippen LogP contribution is -2.40. The van der Waals surface area contributed by atoms with E-state index in [4.69, 9.17) is 4.42 Å². The summed E-state index contributed by atoms with van der Waals surface area (Å²) >= 11 is 0. The van der Waals surface area contributed by atoms with Crippen LogP contribution in [0.4, 0.5) is 0 Å². The van der Waals surface area contributed by atoms with Crippen LogP contribution in [0.2, 0.25) is 0 Å². The van der Waals surface area contributed by atoms with E-state index in [9.17, 15) is 13.2 Å². The highest BCUT2D eigenvalue weighted by atomic mass is 32.2. The number of carbonyl (C=O) groups is 1. The van der Waals surface area contributed by atoms with Crippen LogP contribution in [0, 0.1) is 0 Å². The van der Waals surface area contributed by atoms with Gasteiger partial charge in [0.05, 0.1) is 17.2 Å². The minimum atomic E-state index is -3.51. The SMILES string of the molecule is CNS(=O)(=O)c1ccc(C(=O)NCC(c2ccco2)N2CCCCC2)cc1. The predicted octanol–water partition coefficient (Wildman–Crippen LogP) is 2.14. The number of benzene rings is 1. The Hall–Kier alpha value is -2.16. The van der Waals surface area contributed by atoms with Crippen LogP contribution >= 0.6 is 0 Å². The first-order valence-corrected chi connectivity index (χ1v) is 10.6. The average Bonchev–Trinajstić information content (AvgIpc) is 3.23. The normalized spacial score (nSPS) is 16.8. The number of hydrogen-bond acceptors (Lipinski definition) is 5. The van der Waals surface area contributed by atoms with Crippen molar-refractivity contribution in [2.75, 3.05) is 26.7 Å². The van der Waals surface area contributed by atoms with Gasteiger partial charge in [-0.3, -0.25) is 9.69 Å². The van der Waals surface area contributed by atoms with Crippen LogP contribution < -0.4 is 10.0 Å². The van der Waals surface area contributed by atoms with E-state index in [0.29, 0.717) is 12.1 Å². The fourth-order valence-corrected chi connectivity index (χ4v) is 4.05. The number of rotatable bonds is 7. The summed E-state index contributed by atoms with van der Waals surface area (Å²) in [5.41, 5.74) is 0.418. The van der Waals surface area contributed by atoms with Gasteiger partial charge in [-0.15, -0.1) is 0 Å². The van der Waals surface area contributed by atoms with Gasteiger partial charge in [-0.05, 0) is 69.4 Å². The zero-order valence-corrected chi connectivity index (χ0v) is 16.2. The molecule has 1 aliphatic rings. The van der Waals surface area contributed by atoms with E-state index in [1.165, 1.54) is 37.7 Å². The van der Waals surface area contributed by atoms with Crippen LogP contribution in [0.3, 0.4) is 0 Å². The van der Waals surface area contributed by atoms with Crippen LogP contribution in [0.5, 0.6) is 0 Å². The number of nitrogens with one attached hydrogen (secondary N) is 2. The summed E-state index contributed by atoms with van der Waals surface area (Å²) in [6.07, 6.45) is 5.17. The summed E-state index contributed by atoms with van der Waals surface area (Å²) in [5.74, 6) is 0.602. The van der Waals surface area contributed by atoms with Gasteiger partial charge in [-0.1, -0.05) is 6.42 Å². The Labute approximate surface area is 159 Å². The Morgan fingerprint density at radius 2 is 1.85 bits per heavy atom. The Kier molecular flexibility index (Phi) is 6.30. The molecule has 1 aromatic heterocycles. The highest BCUT2D eigenvalue weighted by Gasteiger charge is 2.25. The van der Waals surface area contributed by atoms with E-state index in [1.54, 1.807) is 6.26 Å². The van der Waals surface area contributed by atoms with Gasteiger partial charge in [0.25, 0.3) is 5.91 Å². The van der Waals surface area contributed by atoms with Crippen LogP contribution in [0.15, 0.2) is 52.0 Å². The van der Waals surface area contributed by atoms with Gasteiger partial charge in [-0.25, -0.2) is 13.1 Å². The number of sulfonamides is 1. The Balaban J connectivity index is 1.67. The highest BCUT2D eigenvalue weighted by molar-refractivity contribution is 7.89. The number of amides is 1. The number of nitrogens with zero attached hydrogens (tertiary/aromatic N) is 1. The lowest BCUT2D eigenvalue weighted by atomic mass is 10.1. The maximum Gasteiger partial charge on any atom is 0.251 e. The molecule has 8 heteroatoms. The summed E-state index contributed by atoms with van der Waals surface area (Å²) in [5, 5.41) is 2.95. The van der Waals surface area contributed by atoms with E-state index in [1.807, 2.05) is 12.1 Å². The first-order valence-electron chi connectivity index (χ1n) is 9.10. The summed E-state index contributed by atoms with van der Waals surface area (Å²) in [4.78, 5) is 15.0. The van der Waals surface area contributed by atoms with Crippen molar-refractivity contribution in [3.63, 3.8) is 0 Å². The molecule has 1 fully saturated rings. The molecule has 7 nitrogen and oxygen atoms in total. The van der Waals surface area contributed by atoms with E-state index in [-0.39, 0.29) is 16.8 Å².